The van der Waals surface area contributed by atoms with Gasteiger partial charge in [-0.3, -0.25) is 38.6 Å². The number of rotatable bonds is 12. The Kier molecular flexibility index (Phi) is 17.3. The summed E-state index contributed by atoms with van der Waals surface area (Å²) in [6, 6.07) is 19.2. The Balaban J connectivity index is 0.000000160. The molecule has 0 radical (unpaired) electrons. The minimum absolute atomic E-state index is 0.0916. The molecule has 8 aromatic heterocycles. The molecule has 27 heteroatoms. The first-order chi connectivity index (χ1) is 41.7. The Hall–Kier alpha value is -9.47. The average Bonchev–Trinajstić information content (AvgIpc) is 1.57. The fourth-order valence-electron chi connectivity index (χ4n) is 11.7. The van der Waals surface area contributed by atoms with Crippen molar-refractivity contribution in [2.45, 2.75) is 93.5 Å². The first-order valence-electron chi connectivity index (χ1n) is 28.3. The fourth-order valence-corrected chi connectivity index (χ4v) is 12.2. The molecule has 0 atom stereocenters. The number of esters is 2. The van der Waals surface area contributed by atoms with Gasteiger partial charge in [-0.1, -0.05) is 39.8 Å². The highest BCUT2D eigenvalue weighted by atomic mass is 79.9. The van der Waals surface area contributed by atoms with Gasteiger partial charge in [-0.15, -0.1) is 0 Å². The largest absolute Gasteiger partial charge is 0.489 e. The predicted octanol–water partition coefficient (Wildman–Crippen LogP) is 5.49. The second-order valence-electron chi connectivity index (χ2n) is 23.6. The monoisotopic (exact) mass is 1260 g/mol. The maximum Gasteiger partial charge on any atom is 0.489 e. The van der Waals surface area contributed by atoms with E-state index in [1.165, 1.54) is 62.7 Å². The standard InChI is InChI=1S/C31H33N7O4.C20H24BN3O5.C10H10BrN5O/c1-18(39)42-17-22-21(20-12-23(29(40)36(4)16-20)34-27-7-5-6-26(32)35-27)8-9-33-28(22)38-11-10-37-24(30(38)41)13-19-14-31(2,3)15-25(19)37;1-12(25)29-11-14-15(21(27)28)4-5-22-18(14)24-7-6-23-16(19(24)26)8-13-9-20(2,3)10-17(13)23;1-16-5-6(11)13-9(10(16)17)15-8-4-2-3-7(12)14-8/h5-9,12-13,16H,10-11,14-15,17H2,1-4H3,(H3,32,34,35);4-5,8,27-28H,6-7,9-11H2,1-3H3;2-5H,1H3,(H3,12,13,14,15). The van der Waals surface area contributed by atoms with Crippen molar-refractivity contribution in [2.24, 2.45) is 24.9 Å². The van der Waals surface area contributed by atoms with Crippen LogP contribution in [-0.4, -0.2) is 97.2 Å². The molecule has 0 aromatic carbocycles. The Morgan fingerprint density at radius 2 is 1.15 bits per heavy atom. The van der Waals surface area contributed by atoms with Crippen molar-refractivity contribution in [3.63, 3.8) is 0 Å². The summed E-state index contributed by atoms with van der Waals surface area (Å²) in [4.78, 5) is 99.6. The van der Waals surface area contributed by atoms with Crippen LogP contribution < -0.4 is 48.5 Å². The summed E-state index contributed by atoms with van der Waals surface area (Å²) >= 11 is 3.22. The SMILES string of the molecule is CC(=O)OCc1c(-c2cc(Nc3cccc(N)n3)c(=O)n(C)c2)ccnc1N1CCn2c(cc3c2CC(C)(C)C3)C1=O.CC(=O)OCc1c(B(O)O)ccnc1N1CCn2c(cc3c2CC(C)(C)C3)C1=O.Cn1cc(Br)nc(Nc2cccc(N)n2)c1=O. The van der Waals surface area contributed by atoms with E-state index in [4.69, 9.17) is 20.9 Å². The van der Waals surface area contributed by atoms with E-state index < -0.39 is 19.1 Å². The summed E-state index contributed by atoms with van der Waals surface area (Å²) in [6.07, 6.45) is 10.1. The van der Waals surface area contributed by atoms with Gasteiger partial charge in [0.2, 0.25) is 0 Å². The van der Waals surface area contributed by atoms with Crippen molar-refractivity contribution in [1.82, 2.24) is 43.2 Å². The number of anilines is 8. The Morgan fingerprint density at radius 1 is 0.648 bits per heavy atom. The van der Waals surface area contributed by atoms with Gasteiger partial charge in [0.1, 0.15) is 69.8 Å². The second kappa shape index (κ2) is 24.7. The molecule has 2 aliphatic carbocycles. The molecule has 2 aliphatic heterocycles. The first-order valence-corrected chi connectivity index (χ1v) is 29.1. The van der Waals surface area contributed by atoms with Gasteiger partial charge >= 0.3 is 19.1 Å². The highest BCUT2D eigenvalue weighted by Crippen LogP contribution is 2.42. The molecule has 0 unspecified atom stereocenters. The molecule has 456 valence electrons. The van der Waals surface area contributed by atoms with Gasteiger partial charge in [0, 0.05) is 107 Å². The molecule has 0 fully saturated rings. The van der Waals surface area contributed by atoms with Gasteiger partial charge in [0.15, 0.2) is 5.82 Å². The summed E-state index contributed by atoms with van der Waals surface area (Å²) in [5, 5.41) is 25.3. The van der Waals surface area contributed by atoms with E-state index in [1.807, 2.05) is 12.1 Å². The zero-order valence-corrected chi connectivity index (χ0v) is 51.5. The molecule has 8 N–H and O–H groups in total. The molecule has 8 aromatic rings. The molecule has 2 amide bonds. The Morgan fingerprint density at radius 3 is 1.67 bits per heavy atom. The summed E-state index contributed by atoms with van der Waals surface area (Å²) in [5.41, 5.74) is 20.1. The molecular formula is C61H67BBrN15O10. The number of fused-ring (bicyclic) bond motifs is 6. The molecule has 4 aliphatic rings. The van der Waals surface area contributed by atoms with Crippen LogP contribution in [0.4, 0.5) is 46.4 Å². The van der Waals surface area contributed by atoms with Crippen molar-refractivity contribution in [2.75, 3.05) is 45.0 Å². The number of nitrogen functional groups attached to an aromatic ring is 2. The number of carbonyl (C=O) groups excluding carboxylic acids is 4. The highest BCUT2D eigenvalue weighted by Gasteiger charge is 2.40. The van der Waals surface area contributed by atoms with Gasteiger partial charge in [0.05, 0.1) is 0 Å². The number of halogens is 1. The number of pyridine rings is 5. The zero-order valence-electron chi connectivity index (χ0n) is 49.9. The van der Waals surface area contributed by atoms with E-state index in [9.17, 15) is 38.8 Å². The molecule has 0 saturated carbocycles. The normalized spacial score (nSPS) is 14.9. The van der Waals surface area contributed by atoms with Crippen LogP contribution in [0, 0.1) is 10.8 Å². The molecule has 25 nitrogen and oxygen atoms in total. The predicted molar refractivity (Wildman–Crippen MR) is 336 cm³/mol. The van der Waals surface area contributed by atoms with Gasteiger partial charge < -0.3 is 59.9 Å². The summed E-state index contributed by atoms with van der Waals surface area (Å²) in [5.74, 6) is 1.22. The quantitative estimate of drug-likeness (QED) is 0.0650. The molecule has 10 heterocycles. The Labute approximate surface area is 514 Å². The van der Waals surface area contributed by atoms with E-state index in [1.54, 1.807) is 86.1 Å². The van der Waals surface area contributed by atoms with Crippen molar-refractivity contribution >= 4 is 98.7 Å². The van der Waals surface area contributed by atoms with Crippen LogP contribution in [-0.2, 0) is 85.1 Å². The minimum Gasteiger partial charge on any atom is -0.461 e. The van der Waals surface area contributed by atoms with Gasteiger partial charge in [-0.05, 0) is 129 Å². The lowest BCUT2D eigenvalue weighted by atomic mass is 9.77. The number of aromatic nitrogens is 9. The smallest absolute Gasteiger partial charge is 0.461 e. The maximum atomic E-state index is 13.9. The van der Waals surface area contributed by atoms with E-state index in [2.05, 4.69) is 88.3 Å². The number of hydrogen-bond donors (Lipinski definition) is 6. The molecule has 0 bridgehead atoms. The van der Waals surface area contributed by atoms with Crippen molar-refractivity contribution < 1.29 is 38.7 Å². The van der Waals surface area contributed by atoms with Crippen molar-refractivity contribution in [3.05, 3.63) is 162 Å². The molecule has 0 spiro atoms. The lowest BCUT2D eigenvalue weighted by Crippen LogP contribution is -2.43. The van der Waals surface area contributed by atoms with Gasteiger partial charge in [-0.25, -0.2) is 24.9 Å². The lowest BCUT2D eigenvalue weighted by Gasteiger charge is -2.31. The molecule has 88 heavy (non-hydrogen) atoms. The fraction of sp³-hybridized carbons (Fsp3) is 0.328. The third-order valence-electron chi connectivity index (χ3n) is 15.6. The minimum atomic E-state index is -1.77. The van der Waals surface area contributed by atoms with Crippen LogP contribution in [0.1, 0.15) is 96.2 Å². The van der Waals surface area contributed by atoms with Crippen LogP contribution >= 0.6 is 15.9 Å². The van der Waals surface area contributed by atoms with E-state index in [-0.39, 0.29) is 69.8 Å². The number of carbonyl (C=O) groups is 4. The lowest BCUT2D eigenvalue weighted by molar-refractivity contribution is -0.143. The highest BCUT2D eigenvalue weighted by molar-refractivity contribution is 9.10. The molecule has 0 saturated heterocycles. The number of hydrogen-bond acceptors (Lipinski definition) is 19. The number of ether oxygens (including phenoxy) is 2. The van der Waals surface area contributed by atoms with Crippen LogP contribution in [0.5, 0.6) is 0 Å². The van der Waals surface area contributed by atoms with E-state index >= 15 is 0 Å². The Bertz CT molecular complexity index is 4210. The second-order valence-corrected chi connectivity index (χ2v) is 24.4. The summed E-state index contributed by atoms with van der Waals surface area (Å²) in [7, 11) is 1.53. The topological polar surface area (TPSA) is 328 Å². The van der Waals surface area contributed by atoms with E-state index in [0.717, 1.165) is 25.7 Å². The number of nitrogens with one attached hydrogen (secondary N) is 2. The van der Waals surface area contributed by atoms with Gasteiger partial charge in [0.25, 0.3) is 22.9 Å². The van der Waals surface area contributed by atoms with E-state index in [0.29, 0.717) is 93.5 Å². The van der Waals surface area contributed by atoms with Crippen molar-refractivity contribution in [3.8, 4) is 11.1 Å². The van der Waals surface area contributed by atoms with Crippen LogP contribution in [0.2, 0.25) is 0 Å². The zero-order chi connectivity index (χ0) is 63.1. The van der Waals surface area contributed by atoms with Crippen molar-refractivity contribution in [1.29, 1.82) is 0 Å². The van der Waals surface area contributed by atoms with Crippen LogP contribution in [0.25, 0.3) is 11.1 Å². The summed E-state index contributed by atoms with van der Waals surface area (Å²) in [6.45, 7) is 13.4. The maximum absolute atomic E-state index is 13.9. The van der Waals surface area contributed by atoms with Crippen LogP contribution in [0.3, 0.4) is 0 Å². The van der Waals surface area contributed by atoms with Crippen LogP contribution in [0.15, 0.2) is 106 Å². The number of aryl methyl sites for hydroxylation is 2. The molecular weight excluding hydrogens is 1190 g/mol. The number of nitrogens with zero attached hydrogens (tertiary/aromatic N) is 11. The van der Waals surface area contributed by atoms with Gasteiger partial charge in [-0.2, -0.15) is 0 Å². The third-order valence-corrected chi connectivity index (χ3v) is 15.9. The first kappa shape index (κ1) is 61.6. The number of amides is 2. The summed E-state index contributed by atoms with van der Waals surface area (Å²) < 4.78 is 18.2. The third kappa shape index (κ3) is 13.1. The number of nitrogens with two attached hydrogens (primary N) is 2. The molecule has 12 rings (SSSR count). The average molecular weight is 1260 g/mol.